The molecule has 0 saturated heterocycles. The topological polar surface area (TPSA) is 26.0 Å². The Kier molecular flexibility index (Phi) is 2.76. The number of nitrogens with two attached hydrogens (primary N) is 1. The van der Waals surface area contributed by atoms with Gasteiger partial charge in [0, 0.05) is 18.0 Å². The highest BCUT2D eigenvalue weighted by molar-refractivity contribution is 5.42. The van der Waals surface area contributed by atoms with Gasteiger partial charge in [-0.3, -0.25) is 0 Å². The van der Waals surface area contributed by atoms with E-state index in [0.29, 0.717) is 12.3 Å². The van der Waals surface area contributed by atoms with Crippen molar-refractivity contribution in [3.8, 4) is 12.3 Å². The molecule has 0 bridgehead atoms. The largest absolute Gasteiger partial charge is 0.402 e. The molecule has 1 rings (SSSR count). The lowest BCUT2D eigenvalue weighted by molar-refractivity contribution is 0.842. The molecule has 1 atom stereocenters. The minimum atomic E-state index is 0.309. The second kappa shape index (κ2) is 3.82. The van der Waals surface area contributed by atoms with Crippen LogP contribution in [0.1, 0.15) is 13.3 Å². The van der Waals surface area contributed by atoms with E-state index in [-0.39, 0.29) is 0 Å². The van der Waals surface area contributed by atoms with E-state index in [1.165, 1.54) is 5.57 Å². The highest BCUT2D eigenvalue weighted by atomic mass is 14.6. The maximum Gasteiger partial charge on any atom is 0.0412 e. The zero-order chi connectivity index (χ0) is 8.97. The molecule has 0 radical (unpaired) electrons. The third kappa shape index (κ3) is 1.60. The van der Waals surface area contributed by atoms with E-state index >= 15 is 0 Å². The molecule has 12 heavy (non-hydrogen) atoms. The zero-order valence-corrected chi connectivity index (χ0v) is 7.25. The predicted octanol–water partition coefficient (Wildman–Crippen LogP) is 1.98. The second-order valence-electron chi connectivity index (χ2n) is 2.74. The van der Waals surface area contributed by atoms with E-state index in [4.69, 9.17) is 12.2 Å². The second-order valence-corrected chi connectivity index (χ2v) is 2.74. The van der Waals surface area contributed by atoms with E-state index in [2.05, 4.69) is 24.1 Å². The Morgan fingerprint density at radius 2 is 2.58 bits per heavy atom. The number of terminal acetylenes is 1. The molecule has 0 aromatic carbocycles. The van der Waals surface area contributed by atoms with Gasteiger partial charge in [-0.2, -0.15) is 0 Å². The number of hydrogen-bond donors (Lipinski definition) is 1. The van der Waals surface area contributed by atoms with Crippen LogP contribution in [0.5, 0.6) is 0 Å². The molecule has 0 aromatic heterocycles. The average Bonchev–Trinajstić information content (AvgIpc) is 2.00. The maximum absolute atomic E-state index is 5.80. The molecule has 1 aliphatic rings. The quantitative estimate of drug-likeness (QED) is 0.612. The van der Waals surface area contributed by atoms with Gasteiger partial charge in [-0.25, -0.2) is 0 Å². The van der Waals surface area contributed by atoms with E-state index in [0.717, 1.165) is 5.70 Å². The summed E-state index contributed by atoms with van der Waals surface area (Å²) in [5.74, 6) is 2.84. The van der Waals surface area contributed by atoms with Crippen LogP contribution >= 0.6 is 0 Å². The molecule has 0 spiro atoms. The highest BCUT2D eigenvalue weighted by Crippen LogP contribution is 2.28. The van der Waals surface area contributed by atoms with Gasteiger partial charge in [-0.1, -0.05) is 24.3 Å². The summed E-state index contributed by atoms with van der Waals surface area (Å²) < 4.78 is 0. The molecule has 1 heteroatoms. The first-order valence-electron chi connectivity index (χ1n) is 4.03. The summed E-state index contributed by atoms with van der Waals surface area (Å²) in [6.07, 6.45) is 13.9. The fourth-order valence-corrected chi connectivity index (χ4v) is 1.19. The van der Waals surface area contributed by atoms with E-state index in [1.807, 2.05) is 13.0 Å². The summed E-state index contributed by atoms with van der Waals surface area (Å²) in [4.78, 5) is 0. The Labute approximate surface area is 73.7 Å². The molecule has 0 aromatic rings. The standard InChI is InChI=1S/C11H13N/c1-3-5-6-11(12)10-8-7-9(10)4-2/h1,4,6-8,10H,5,12H2,2H3/b9-4-,11-6+. The van der Waals surface area contributed by atoms with Crippen LogP contribution in [0, 0.1) is 18.3 Å². The van der Waals surface area contributed by atoms with Gasteiger partial charge in [-0.05, 0) is 12.5 Å². The molecule has 62 valence electrons. The molecular formula is C11H13N. The Hall–Kier alpha value is -1.42. The monoisotopic (exact) mass is 159 g/mol. The third-order valence-electron chi connectivity index (χ3n) is 1.99. The van der Waals surface area contributed by atoms with Crippen molar-refractivity contribution >= 4 is 0 Å². The summed E-state index contributed by atoms with van der Waals surface area (Å²) in [6, 6.07) is 0. The predicted molar refractivity (Wildman–Crippen MR) is 52.1 cm³/mol. The summed E-state index contributed by atoms with van der Waals surface area (Å²) in [5, 5.41) is 0. The van der Waals surface area contributed by atoms with E-state index in [1.54, 1.807) is 0 Å². The number of rotatable bonds is 2. The van der Waals surface area contributed by atoms with Crippen LogP contribution in [-0.2, 0) is 0 Å². The van der Waals surface area contributed by atoms with E-state index in [9.17, 15) is 0 Å². The minimum absolute atomic E-state index is 0.309. The summed E-state index contributed by atoms with van der Waals surface area (Å²) in [6.45, 7) is 2.01. The van der Waals surface area contributed by atoms with Crippen LogP contribution in [0.2, 0.25) is 0 Å². The lowest BCUT2D eigenvalue weighted by atomic mass is 9.85. The highest BCUT2D eigenvalue weighted by Gasteiger charge is 2.17. The summed E-state index contributed by atoms with van der Waals surface area (Å²) >= 11 is 0. The molecule has 1 nitrogen and oxygen atoms in total. The first kappa shape index (κ1) is 8.67. The minimum Gasteiger partial charge on any atom is -0.402 e. The van der Waals surface area contributed by atoms with Crippen molar-refractivity contribution in [2.45, 2.75) is 13.3 Å². The summed E-state index contributed by atoms with van der Waals surface area (Å²) in [5.41, 5.74) is 7.95. The normalized spacial score (nSPS) is 25.2. The molecule has 1 aliphatic carbocycles. The van der Waals surface area contributed by atoms with Crippen LogP contribution in [0.3, 0.4) is 0 Å². The van der Waals surface area contributed by atoms with Gasteiger partial charge in [0.25, 0.3) is 0 Å². The first-order chi connectivity index (χ1) is 5.79. The summed E-state index contributed by atoms with van der Waals surface area (Å²) in [7, 11) is 0. The Morgan fingerprint density at radius 3 is 3.00 bits per heavy atom. The van der Waals surface area contributed by atoms with Crippen molar-refractivity contribution in [2.24, 2.45) is 11.7 Å². The molecular weight excluding hydrogens is 146 g/mol. The van der Waals surface area contributed by atoms with Crippen LogP contribution in [0.15, 0.2) is 35.6 Å². The molecule has 0 heterocycles. The molecule has 0 saturated carbocycles. The first-order valence-corrected chi connectivity index (χ1v) is 4.03. The average molecular weight is 159 g/mol. The fourth-order valence-electron chi connectivity index (χ4n) is 1.19. The van der Waals surface area contributed by atoms with Crippen LogP contribution in [0.25, 0.3) is 0 Å². The van der Waals surface area contributed by atoms with Gasteiger partial charge in [0.2, 0.25) is 0 Å². The van der Waals surface area contributed by atoms with Crippen molar-refractivity contribution in [3.05, 3.63) is 35.6 Å². The molecule has 2 N–H and O–H groups in total. The fraction of sp³-hybridized carbons (Fsp3) is 0.273. The van der Waals surface area contributed by atoms with Crippen molar-refractivity contribution in [1.82, 2.24) is 0 Å². The van der Waals surface area contributed by atoms with Crippen molar-refractivity contribution in [1.29, 1.82) is 0 Å². The lowest BCUT2D eigenvalue weighted by Crippen LogP contribution is -2.16. The van der Waals surface area contributed by atoms with Crippen LogP contribution in [0.4, 0.5) is 0 Å². The Bertz CT molecular complexity index is 287. The van der Waals surface area contributed by atoms with Gasteiger partial charge in [0.1, 0.15) is 0 Å². The van der Waals surface area contributed by atoms with Crippen molar-refractivity contribution < 1.29 is 0 Å². The Morgan fingerprint density at radius 1 is 1.83 bits per heavy atom. The van der Waals surface area contributed by atoms with Crippen LogP contribution in [-0.4, -0.2) is 0 Å². The van der Waals surface area contributed by atoms with Crippen LogP contribution < -0.4 is 5.73 Å². The van der Waals surface area contributed by atoms with Gasteiger partial charge >= 0.3 is 0 Å². The van der Waals surface area contributed by atoms with Crippen molar-refractivity contribution in [2.75, 3.05) is 0 Å². The lowest BCUT2D eigenvalue weighted by Gasteiger charge is -2.22. The van der Waals surface area contributed by atoms with Gasteiger partial charge in [0.15, 0.2) is 0 Å². The van der Waals surface area contributed by atoms with Gasteiger partial charge in [0.05, 0.1) is 0 Å². The molecule has 0 fully saturated rings. The SMILES string of the molecule is C#CC/C=C(/N)C1C=C/C1=C/C. The Balaban J connectivity index is 2.62. The molecule has 0 aliphatic heterocycles. The smallest absolute Gasteiger partial charge is 0.0412 e. The van der Waals surface area contributed by atoms with Crippen molar-refractivity contribution in [3.63, 3.8) is 0 Å². The van der Waals surface area contributed by atoms with Gasteiger partial charge < -0.3 is 5.73 Å². The third-order valence-corrected chi connectivity index (χ3v) is 1.99. The molecule has 0 amide bonds. The maximum atomic E-state index is 5.80. The number of hydrogen-bond acceptors (Lipinski definition) is 1. The van der Waals surface area contributed by atoms with E-state index < -0.39 is 0 Å². The number of allylic oxidation sites excluding steroid dienone is 4. The van der Waals surface area contributed by atoms with Gasteiger partial charge in [-0.15, -0.1) is 12.3 Å². The zero-order valence-electron chi connectivity index (χ0n) is 7.25. The molecule has 1 unspecified atom stereocenters.